The maximum absolute atomic E-state index is 13.0. The summed E-state index contributed by atoms with van der Waals surface area (Å²) in [5.74, 6) is 4.73. The summed E-state index contributed by atoms with van der Waals surface area (Å²) in [7, 11) is 6.05. The predicted molar refractivity (Wildman–Crippen MR) is 490 cm³/mol. The molecule has 20 nitrogen and oxygen atoms in total. The number of methoxy groups -OCH3 is 6. The molecule has 0 aliphatic carbocycles. The van der Waals surface area contributed by atoms with Crippen molar-refractivity contribution in [3.8, 4) is 46.6 Å². The normalized spacial score (nSPS) is 11.0. The molecule has 0 fully saturated rings. The van der Waals surface area contributed by atoms with E-state index in [4.69, 9.17) is 60.1 Å². The van der Waals surface area contributed by atoms with Gasteiger partial charge in [0.1, 0.15) is 52.9 Å². The molecule has 0 saturated carbocycles. The van der Waals surface area contributed by atoms with Crippen molar-refractivity contribution in [1.82, 2.24) is 0 Å². The summed E-state index contributed by atoms with van der Waals surface area (Å²) in [5, 5.41) is 22.8. The Morgan fingerprint density at radius 3 is 0.984 bits per heavy atom. The van der Waals surface area contributed by atoms with Gasteiger partial charge in [-0.15, -0.1) is 0 Å². The number of benzene rings is 13. The second-order valence-corrected chi connectivity index (χ2v) is 29.5. The molecule has 22 heteroatoms. The number of carbonyl (C=O) groups is 1. The number of fused-ring (bicyclic) bond motifs is 2. The van der Waals surface area contributed by atoms with Crippen molar-refractivity contribution in [3.05, 3.63) is 340 Å². The number of carbonyl (C=O) groups excluding carboxylic acids is 1. The van der Waals surface area contributed by atoms with Crippen LogP contribution in [0.15, 0.2) is 267 Å². The lowest BCUT2D eigenvalue weighted by atomic mass is 9.95. The van der Waals surface area contributed by atoms with Crippen LogP contribution in [0, 0.1) is 35.8 Å². The summed E-state index contributed by atoms with van der Waals surface area (Å²) >= 11 is 0. The third kappa shape index (κ3) is 21.3. The Hall–Kier alpha value is -14.1. The SMILES string of the molecule is C.COc1ccc(N(c2ccc(C=O)cc2)c2ccc(OC)cc2)cc1.[C-]#[N+]c1c(C(OCC)(OCC)P=O)ccc2c(C#N)c(CP(=O)(OCC)OCC)ccc12.[C-]#[N+]c1c(C=Cc2ccc(N(c3ccc(OC)cc3)c3ccc(OC)cc3)cc2)ccc2c(C#N)c(C=Cc3ccc(N(c4ccc(OC)cc4)c4ccc(OC)cc4)cc3)ccc12. The predicted octanol–water partition coefficient (Wildman–Crippen LogP) is 26.7. The zero-order valence-corrected chi connectivity index (χ0v) is 70.4. The van der Waals surface area contributed by atoms with Crippen LogP contribution in [-0.2, 0) is 39.3 Å². The van der Waals surface area contributed by atoms with E-state index in [0.29, 0.717) is 38.7 Å². The summed E-state index contributed by atoms with van der Waals surface area (Å²) in [6.07, 6.45) is 8.70. The third-order valence-corrected chi connectivity index (χ3v) is 22.4. The Morgan fingerprint density at radius 2 is 0.672 bits per heavy atom. The maximum Gasteiger partial charge on any atom is 0.335 e. The molecule has 0 heterocycles. The van der Waals surface area contributed by atoms with Crippen LogP contribution in [0.5, 0.6) is 34.5 Å². The monoisotopic (exact) mass is 1660 g/mol. The zero-order chi connectivity index (χ0) is 85.8. The highest BCUT2D eigenvalue weighted by Crippen LogP contribution is 2.53. The number of hydrogen-bond donors (Lipinski definition) is 0. The molecule has 0 aromatic heterocycles. The van der Waals surface area contributed by atoms with Crippen molar-refractivity contribution >= 4 is 131 Å². The molecule has 0 saturated heterocycles. The first-order valence-corrected chi connectivity index (χ1v) is 41.2. The van der Waals surface area contributed by atoms with E-state index in [1.165, 1.54) is 0 Å². The molecule has 0 N–H and O–H groups in total. The molecule has 0 atom stereocenters. The highest BCUT2D eigenvalue weighted by molar-refractivity contribution is 7.53. The molecule has 0 radical (unpaired) electrons. The number of ether oxygens (including phenoxy) is 8. The Balaban J connectivity index is 0.000000223. The second-order valence-electron chi connectivity index (χ2n) is 26.6. The molecule has 13 rings (SSSR count). The molecule has 616 valence electrons. The largest absolute Gasteiger partial charge is 0.497 e. The number of aldehydes is 1. The molecule has 0 unspecified atom stereocenters. The fourth-order valence-corrected chi connectivity index (χ4v) is 16.1. The lowest BCUT2D eigenvalue weighted by molar-refractivity contribution is -0.176. The Bertz CT molecular complexity index is 5640. The van der Waals surface area contributed by atoms with Crippen molar-refractivity contribution in [2.45, 2.75) is 46.8 Å². The lowest BCUT2D eigenvalue weighted by Gasteiger charge is -2.28. The number of nitrogens with zero attached hydrogens (tertiary/aromatic N) is 7. The van der Waals surface area contributed by atoms with Crippen molar-refractivity contribution in [1.29, 1.82) is 10.5 Å². The van der Waals surface area contributed by atoms with Gasteiger partial charge in [0.25, 0.3) is 5.53 Å². The average Bonchev–Trinajstić information content (AvgIpc) is 0.740. The molecule has 0 spiro atoms. The van der Waals surface area contributed by atoms with Crippen LogP contribution in [0.2, 0.25) is 0 Å². The van der Waals surface area contributed by atoms with Gasteiger partial charge in [0.15, 0.2) is 0 Å². The van der Waals surface area contributed by atoms with Crippen LogP contribution in [0.4, 0.5) is 62.6 Å². The Labute approximate surface area is 715 Å². The smallest absolute Gasteiger partial charge is 0.335 e. The summed E-state index contributed by atoms with van der Waals surface area (Å²) in [6.45, 7) is 23.7. The fourth-order valence-electron chi connectivity index (χ4n) is 13.7. The highest BCUT2D eigenvalue weighted by atomic mass is 31.2. The van der Waals surface area contributed by atoms with E-state index in [-0.39, 0.29) is 51.3 Å². The van der Waals surface area contributed by atoms with E-state index in [9.17, 15) is 24.4 Å². The van der Waals surface area contributed by atoms with E-state index in [1.54, 1.807) is 94.6 Å². The molecular weight excluding hydrogens is 1570 g/mol. The van der Waals surface area contributed by atoms with Gasteiger partial charge in [0.2, 0.25) is 19.8 Å². The fraction of sp³-hybridized carbons (Fsp3) is 0.170. The summed E-state index contributed by atoms with van der Waals surface area (Å²) in [6, 6.07) is 90.3. The molecule has 0 aliphatic rings. The van der Waals surface area contributed by atoms with Gasteiger partial charge in [0, 0.05) is 75.5 Å². The minimum atomic E-state index is -3.43. The average molecular weight is 1660 g/mol. The Morgan fingerprint density at radius 1 is 0.377 bits per heavy atom. The summed E-state index contributed by atoms with van der Waals surface area (Å²) in [5.41, 5.74) is 13.6. The van der Waals surface area contributed by atoms with Crippen LogP contribution in [0.25, 0.3) is 55.5 Å². The van der Waals surface area contributed by atoms with Crippen molar-refractivity contribution in [2.24, 2.45) is 0 Å². The summed E-state index contributed by atoms with van der Waals surface area (Å²) in [4.78, 5) is 25.0. The van der Waals surface area contributed by atoms with Gasteiger partial charge in [-0.3, -0.25) is 13.9 Å². The molecule has 0 amide bonds. The van der Waals surface area contributed by atoms with E-state index in [0.717, 1.165) is 125 Å². The van der Waals surface area contributed by atoms with Gasteiger partial charge in [-0.05, 0) is 271 Å². The Kier molecular flexibility index (Phi) is 32.2. The highest BCUT2D eigenvalue weighted by Gasteiger charge is 2.39. The number of nitriles is 2. The summed E-state index contributed by atoms with van der Waals surface area (Å²) < 4.78 is 79.3. The first-order valence-electron chi connectivity index (χ1n) is 38.7. The van der Waals surface area contributed by atoms with Crippen molar-refractivity contribution < 1.29 is 60.9 Å². The standard InChI is InChI=1S/C56H44N4O4.C22H26N2O6P2.C21H19NO3.CH4/c1-58-56-42(13-7-40-10-18-44(19-11-40)60(47-24-32-51(63-4)33-25-47)48-26-34-52(64-5)35-27-48)15-36-53-54(56)37-14-41(55(53)38-57)12-6-39-8-16-43(17-9-39)59(45-20-28-49(61-2)29-21-45)46-22-30-50(62-3)31-23-46;1-6-27-22(31-25,28-7-2)20-13-12-17-18(21(20)24-5)11-10-16(19(17)14-23)15-32(26,29-8-3)30-9-4;1-24-20-11-7-18(8-12-20)22(17-5-3-16(15-23)4-6-17)19-9-13-21(25-2)14-10-19;/h6-37H,2-5H3;10-13H,6-9,15H2,1-4H3;3-15H,1-2H3;1H4. The molecule has 0 bridgehead atoms. The third-order valence-electron chi connectivity index (χ3n) is 19.6. The van der Waals surface area contributed by atoms with Crippen molar-refractivity contribution in [3.63, 3.8) is 0 Å². The van der Waals surface area contributed by atoms with Gasteiger partial charge in [-0.2, -0.15) is 10.5 Å². The number of rotatable bonds is 32. The number of anilines is 9. The van der Waals surface area contributed by atoms with Crippen LogP contribution in [-0.4, -0.2) is 75.4 Å². The minimum absolute atomic E-state index is 0. The van der Waals surface area contributed by atoms with Gasteiger partial charge in [0.05, 0.1) is 86.3 Å². The van der Waals surface area contributed by atoms with Crippen LogP contribution >= 0.6 is 16.1 Å². The maximum atomic E-state index is 13.0. The first-order chi connectivity index (χ1) is 59.1. The molecule has 0 aliphatic heterocycles. The first kappa shape index (κ1) is 90.2. The van der Waals surface area contributed by atoms with Crippen LogP contribution in [0.3, 0.4) is 0 Å². The molecule has 13 aromatic rings. The van der Waals surface area contributed by atoms with Crippen molar-refractivity contribution in [2.75, 3.05) is 83.8 Å². The minimum Gasteiger partial charge on any atom is -0.497 e. The van der Waals surface area contributed by atoms with Crippen LogP contribution < -0.4 is 43.1 Å². The van der Waals surface area contributed by atoms with E-state index < -0.39 is 21.6 Å². The van der Waals surface area contributed by atoms with E-state index in [1.807, 2.05) is 218 Å². The molecular formula is C100H93N7O13P2. The van der Waals surface area contributed by atoms with Gasteiger partial charge in [-0.25, -0.2) is 9.69 Å². The zero-order valence-electron chi connectivity index (χ0n) is 68.7. The van der Waals surface area contributed by atoms with E-state index >= 15 is 0 Å². The number of hydrogen-bond acceptors (Lipinski definition) is 18. The molecule has 13 aromatic carbocycles. The van der Waals surface area contributed by atoms with E-state index in [2.05, 4.69) is 85.1 Å². The quantitative estimate of drug-likeness (QED) is 0.0126. The molecule has 122 heavy (non-hydrogen) atoms. The topological polar surface area (TPSA) is 210 Å². The van der Waals surface area contributed by atoms with Crippen LogP contribution in [0.1, 0.15) is 90.0 Å². The lowest BCUT2D eigenvalue weighted by Crippen LogP contribution is -2.27. The second kappa shape index (κ2) is 43.5. The van der Waals surface area contributed by atoms with Gasteiger partial charge in [-0.1, -0.05) is 105 Å². The van der Waals surface area contributed by atoms with Gasteiger partial charge < -0.3 is 61.6 Å². The van der Waals surface area contributed by atoms with Gasteiger partial charge >= 0.3 is 7.60 Å².